The number of imide groups is 1. The Hall–Kier alpha value is -3.14. The van der Waals surface area contributed by atoms with Crippen molar-refractivity contribution in [3.05, 3.63) is 59.7 Å². The second-order valence-corrected chi connectivity index (χ2v) is 9.62. The summed E-state index contributed by atoms with van der Waals surface area (Å²) in [5.74, 6) is 1.29. The third-order valence-electron chi connectivity index (χ3n) is 6.32. The normalized spacial score (nSPS) is 21.1. The van der Waals surface area contributed by atoms with Gasteiger partial charge in [0.2, 0.25) is 5.91 Å². The summed E-state index contributed by atoms with van der Waals surface area (Å²) in [4.78, 5) is 28.6. The van der Waals surface area contributed by atoms with Gasteiger partial charge in [0, 0.05) is 33.2 Å². The number of likely N-dealkylation sites (N-methyl/N-ethyl adjacent to an activating group) is 1. The van der Waals surface area contributed by atoms with E-state index in [4.69, 9.17) is 14.2 Å². The predicted octanol–water partition coefficient (Wildman–Crippen LogP) is 2.30. The van der Waals surface area contributed by atoms with Gasteiger partial charge in [0.25, 0.3) is 0 Å². The molecule has 2 aliphatic rings. The van der Waals surface area contributed by atoms with Crippen molar-refractivity contribution in [1.29, 1.82) is 0 Å². The number of amides is 3. The molecule has 9 nitrogen and oxygen atoms in total. The van der Waals surface area contributed by atoms with Gasteiger partial charge >= 0.3 is 6.03 Å². The molecular formula is C27H35N3O6. The molecule has 4 rings (SSSR count). The summed E-state index contributed by atoms with van der Waals surface area (Å²) in [6.45, 7) is 5.70. The Labute approximate surface area is 212 Å². The zero-order valence-electron chi connectivity index (χ0n) is 21.0. The zero-order valence-corrected chi connectivity index (χ0v) is 21.0. The standard InChI is InChI=1S/C27H35N3O6/c1-21-4-8-24(9-5-21)36-20-27(33)18-29(13-15-34-19-27)16-22-6-10-23(11-7-22)35-14-3-12-30-25(31)17-28(2)26(30)32/h4-11,33H,3,12-20H2,1-2H3/t27-/m1/s1. The molecule has 194 valence electrons. The summed E-state index contributed by atoms with van der Waals surface area (Å²) in [5.41, 5.74) is 1.16. The van der Waals surface area contributed by atoms with Crippen LogP contribution in [-0.2, 0) is 16.1 Å². The molecular weight excluding hydrogens is 462 g/mol. The first kappa shape index (κ1) is 25.9. The number of benzene rings is 2. The number of aliphatic hydroxyl groups is 1. The molecule has 36 heavy (non-hydrogen) atoms. The number of nitrogens with zero attached hydrogens (tertiary/aromatic N) is 3. The number of aryl methyl sites for hydroxylation is 1. The Morgan fingerprint density at radius 2 is 1.72 bits per heavy atom. The van der Waals surface area contributed by atoms with Gasteiger partial charge in [-0.15, -0.1) is 0 Å². The first-order chi connectivity index (χ1) is 17.3. The number of hydrogen-bond acceptors (Lipinski definition) is 7. The molecule has 2 saturated heterocycles. The number of β-amino-alcohol motifs (C(OH)–C–C–N with tert-alkyl or cyclic N) is 1. The first-order valence-corrected chi connectivity index (χ1v) is 12.3. The molecule has 3 amide bonds. The van der Waals surface area contributed by atoms with Gasteiger partial charge in [-0.1, -0.05) is 29.8 Å². The molecule has 1 atom stereocenters. The number of ether oxygens (including phenoxy) is 3. The minimum atomic E-state index is -1.10. The third kappa shape index (κ3) is 6.96. The molecule has 0 radical (unpaired) electrons. The van der Waals surface area contributed by atoms with E-state index in [1.807, 2.05) is 55.5 Å². The SMILES string of the molecule is Cc1ccc(OC[C@]2(O)COCCN(Cc3ccc(OCCCN4C(=O)CN(C)C4=O)cc3)C2)cc1. The van der Waals surface area contributed by atoms with E-state index in [0.717, 1.165) is 22.6 Å². The van der Waals surface area contributed by atoms with E-state index < -0.39 is 5.60 Å². The molecule has 2 heterocycles. The fourth-order valence-electron chi connectivity index (χ4n) is 4.32. The van der Waals surface area contributed by atoms with Gasteiger partial charge < -0.3 is 24.2 Å². The van der Waals surface area contributed by atoms with Crippen LogP contribution in [0.1, 0.15) is 17.5 Å². The fourth-order valence-corrected chi connectivity index (χ4v) is 4.32. The van der Waals surface area contributed by atoms with Gasteiger partial charge in [0.05, 0.1) is 19.8 Å². The van der Waals surface area contributed by atoms with Crippen molar-refractivity contribution in [3.8, 4) is 11.5 Å². The minimum absolute atomic E-state index is 0.140. The monoisotopic (exact) mass is 497 g/mol. The Kier molecular flexibility index (Phi) is 8.45. The predicted molar refractivity (Wildman–Crippen MR) is 134 cm³/mol. The van der Waals surface area contributed by atoms with Crippen LogP contribution >= 0.6 is 0 Å². The second-order valence-electron chi connectivity index (χ2n) is 9.62. The highest BCUT2D eigenvalue weighted by molar-refractivity contribution is 6.01. The van der Waals surface area contributed by atoms with Gasteiger partial charge in [0.15, 0.2) is 0 Å². The van der Waals surface area contributed by atoms with Crippen LogP contribution in [0.2, 0.25) is 0 Å². The summed E-state index contributed by atoms with van der Waals surface area (Å²) in [6.07, 6.45) is 0.574. The molecule has 0 aliphatic carbocycles. The van der Waals surface area contributed by atoms with Crippen molar-refractivity contribution in [2.45, 2.75) is 25.5 Å². The molecule has 2 fully saturated rings. The van der Waals surface area contributed by atoms with E-state index in [0.29, 0.717) is 45.8 Å². The lowest BCUT2D eigenvalue weighted by Crippen LogP contribution is -2.48. The largest absolute Gasteiger partial charge is 0.494 e. The lowest BCUT2D eigenvalue weighted by atomic mass is 10.1. The van der Waals surface area contributed by atoms with Crippen molar-refractivity contribution in [2.24, 2.45) is 0 Å². The first-order valence-electron chi connectivity index (χ1n) is 12.3. The molecule has 0 saturated carbocycles. The van der Waals surface area contributed by atoms with E-state index in [9.17, 15) is 14.7 Å². The number of rotatable bonds is 10. The number of urea groups is 1. The highest BCUT2D eigenvalue weighted by Crippen LogP contribution is 2.20. The summed E-state index contributed by atoms with van der Waals surface area (Å²) in [5, 5.41) is 11.1. The number of carbonyl (C=O) groups is 2. The second kappa shape index (κ2) is 11.7. The van der Waals surface area contributed by atoms with Gasteiger partial charge in [0.1, 0.15) is 30.3 Å². The lowest BCUT2D eigenvalue weighted by molar-refractivity contribution is -0.125. The van der Waals surface area contributed by atoms with Crippen LogP contribution in [-0.4, -0.2) is 97.0 Å². The van der Waals surface area contributed by atoms with E-state index in [1.165, 1.54) is 9.80 Å². The van der Waals surface area contributed by atoms with Gasteiger partial charge in [-0.05, 0) is 43.2 Å². The van der Waals surface area contributed by atoms with E-state index in [1.54, 1.807) is 7.05 Å². The topological polar surface area (TPSA) is 91.8 Å². The van der Waals surface area contributed by atoms with Crippen molar-refractivity contribution in [3.63, 3.8) is 0 Å². The van der Waals surface area contributed by atoms with E-state index in [2.05, 4.69) is 4.90 Å². The van der Waals surface area contributed by atoms with Gasteiger partial charge in [-0.25, -0.2) is 4.79 Å². The van der Waals surface area contributed by atoms with Crippen LogP contribution < -0.4 is 9.47 Å². The Morgan fingerprint density at radius 3 is 2.42 bits per heavy atom. The summed E-state index contributed by atoms with van der Waals surface area (Å²) >= 11 is 0. The Morgan fingerprint density at radius 1 is 1.03 bits per heavy atom. The highest BCUT2D eigenvalue weighted by Gasteiger charge is 2.34. The molecule has 2 aromatic carbocycles. The van der Waals surface area contributed by atoms with Crippen LogP contribution in [0.4, 0.5) is 4.79 Å². The van der Waals surface area contributed by atoms with Crippen LogP contribution in [0.15, 0.2) is 48.5 Å². The smallest absolute Gasteiger partial charge is 0.326 e. The third-order valence-corrected chi connectivity index (χ3v) is 6.32. The number of hydrogen-bond donors (Lipinski definition) is 1. The minimum Gasteiger partial charge on any atom is -0.494 e. The van der Waals surface area contributed by atoms with Gasteiger partial charge in [-0.3, -0.25) is 14.6 Å². The maximum Gasteiger partial charge on any atom is 0.326 e. The van der Waals surface area contributed by atoms with Crippen LogP contribution in [0.25, 0.3) is 0 Å². The molecule has 2 aliphatic heterocycles. The van der Waals surface area contributed by atoms with Crippen LogP contribution in [0.3, 0.4) is 0 Å². The van der Waals surface area contributed by atoms with Crippen molar-refractivity contribution in [2.75, 3.05) is 59.7 Å². The number of carbonyl (C=O) groups excluding carboxylic acids is 2. The average Bonchev–Trinajstić information content (AvgIpc) is 2.99. The average molecular weight is 498 g/mol. The molecule has 2 aromatic rings. The van der Waals surface area contributed by atoms with Crippen molar-refractivity contribution in [1.82, 2.24) is 14.7 Å². The lowest BCUT2D eigenvalue weighted by Gasteiger charge is -2.30. The highest BCUT2D eigenvalue weighted by atomic mass is 16.5. The maximum atomic E-state index is 11.9. The Balaban J connectivity index is 1.23. The maximum absolute atomic E-state index is 11.9. The summed E-state index contributed by atoms with van der Waals surface area (Å²) < 4.78 is 17.3. The molecule has 1 N–H and O–H groups in total. The van der Waals surface area contributed by atoms with Crippen LogP contribution in [0, 0.1) is 6.92 Å². The van der Waals surface area contributed by atoms with Crippen molar-refractivity contribution < 1.29 is 28.9 Å². The summed E-state index contributed by atoms with van der Waals surface area (Å²) in [6, 6.07) is 15.4. The zero-order chi connectivity index (χ0) is 25.5. The molecule has 0 bridgehead atoms. The van der Waals surface area contributed by atoms with E-state index in [-0.39, 0.29) is 31.7 Å². The molecule has 0 aromatic heterocycles. The van der Waals surface area contributed by atoms with Crippen molar-refractivity contribution >= 4 is 11.9 Å². The fraction of sp³-hybridized carbons (Fsp3) is 0.481. The molecule has 0 unspecified atom stereocenters. The molecule has 9 heteroatoms. The Bertz CT molecular complexity index is 1030. The van der Waals surface area contributed by atoms with E-state index >= 15 is 0 Å². The quantitative estimate of drug-likeness (QED) is 0.398. The van der Waals surface area contributed by atoms with Crippen LogP contribution in [0.5, 0.6) is 11.5 Å². The molecule has 0 spiro atoms. The van der Waals surface area contributed by atoms with Gasteiger partial charge in [-0.2, -0.15) is 0 Å². The summed E-state index contributed by atoms with van der Waals surface area (Å²) in [7, 11) is 1.62.